The van der Waals surface area contributed by atoms with Crippen molar-refractivity contribution in [2.45, 2.75) is 91.3 Å². The Morgan fingerprint density at radius 2 is 2.08 bits per heavy atom. The van der Waals surface area contributed by atoms with E-state index in [0.717, 1.165) is 38.5 Å². The molecular weight excluding hydrogens is 304 g/mol. The fourth-order valence-corrected chi connectivity index (χ4v) is 4.02. The van der Waals surface area contributed by atoms with Gasteiger partial charge >= 0.3 is 5.97 Å². The minimum atomic E-state index is -0.823. The molecule has 140 valence electrons. The maximum atomic E-state index is 11.0. The highest BCUT2D eigenvalue weighted by Crippen LogP contribution is 2.41. The first-order valence-electron chi connectivity index (χ1n) is 9.58. The van der Waals surface area contributed by atoms with Crippen LogP contribution in [-0.4, -0.2) is 22.8 Å². The molecule has 0 saturated carbocycles. The van der Waals surface area contributed by atoms with Crippen LogP contribution >= 0.6 is 0 Å². The molecule has 0 aromatic heterocycles. The molecule has 1 heterocycles. The third-order valence-electron chi connectivity index (χ3n) is 5.47. The molecule has 0 amide bonds. The summed E-state index contributed by atoms with van der Waals surface area (Å²) < 4.78 is 0. The zero-order valence-electron chi connectivity index (χ0n) is 16.1. The van der Waals surface area contributed by atoms with Crippen LogP contribution in [0.1, 0.15) is 79.6 Å². The van der Waals surface area contributed by atoms with Crippen molar-refractivity contribution >= 4 is 5.97 Å². The fourth-order valence-electron chi connectivity index (χ4n) is 4.02. The zero-order chi connectivity index (χ0) is 18.2. The summed E-state index contributed by atoms with van der Waals surface area (Å²) in [7, 11) is 0. The van der Waals surface area contributed by atoms with Crippen LogP contribution in [0, 0.1) is 17.8 Å². The van der Waals surface area contributed by atoms with E-state index in [0.29, 0.717) is 11.8 Å². The predicted octanol–water partition coefficient (Wildman–Crippen LogP) is 5.38. The highest BCUT2D eigenvalue weighted by Gasteiger charge is 2.43. The molecule has 0 radical (unpaired) electrons. The largest absolute Gasteiger partial charge is 0.481 e. The standard InChI is InChI=1S/C20H36O4/c1-6-10-16(7-2)11-15(5)13-20(9-4)14-17(8-3)18(23-24-20)12-19(21)22/h6,10,15-18H,7-9,11-14H2,1-5H3,(H,21,22)/b10-6+/t15?,16?,17-,18-,20+/m0/s1. The van der Waals surface area contributed by atoms with Gasteiger partial charge in [-0.2, -0.15) is 0 Å². The number of hydrogen-bond donors (Lipinski definition) is 1. The summed E-state index contributed by atoms with van der Waals surface area (Å²) in [5.74, 6) is 0.587. The van der Waals surface area contributed by atoms with E-state index >= 15 is 0 Å². The number of aliphatic carboxylic acids is 1. The minimum absolute atomic E-state index is 0.0209. The van der Waals surface area contributed by atoms with Crippen LogP contribution in [0.5, 0.6) is 0 Å². The summed E-state index contributed by atoms with van der Waals surface area (Å²) in [5, 5.41) is 9.05. The van der Waals surface area contributed by atoms with Crippen LogP contribution in [0.15, 0.2) is 12.2 Å². The van der Waals surface area contributed by atoms with Crippen molar-refractivity contribution < 1.29 is 19.7 Å². The van der Waals surface area contributed by atoms with Crippen LogP contribution in [0.2, 0.25) is 0 Å². The molecule has 4 nitrogen and oxygen atoms in total. The van der Waals surface area contributed by atoms with Crippen LogP contribution < -0.4 is 0 Å². The van der Waals surface area contributed by atoms with E-state index in [2.05, 4.69) is 46.8 Å². The Bertz CT molecular complexity index is 406. The lowest BCUT2D eigenvalue weighted by atomic mass is 9.76. The number of allylic oxidation sites excluding steroid dienone is 2. The first kappa shape index (κ1) is 21.2. The van der Waals surface area contributed by atoms with Crippen molar-refractivity contribution in [2.24, 2.45) is 17.8 Å². The van der Waals surface area contributed by atoms with E-state index < -0.39 is 5.97 Å². The Balaban J connectivity index is 2.71. The highest BCUT2D eigenvalue weighted by atomic mass is 17.2. The molecule has 4 heteroatoms. The summed E-state index contributed by atoms with van der Waals surface area (Å²) in [6.07, 6.45) is 10.1. The van der Waals surface area contributed by atoms with Gasteiger partial charge in [0.2, 0.25) is 0 Å². The maximum Gasteiger partial charge on any atom is 0.306 e. The minimum Gasteiger partial charge on any atom is -0.481 e. The Kier molecular flexibility index (Phi) is 8.99. The molecule has 0 bridgehead atoms. The van der Waals surface area contributed by atoms with E-state index in [-0.39, 0.29) is 24.0 Å². The van der Waals surface area contributed by atoms with Gasteiger partial charge in [-0.25, -0.2) is 9.78 Å². The van der Waals surface area contributed by atoms with Crippen LogP contribution in [0.4, 0.5) is 0 Å². The molecule has 1 fully saturated rings. The van der Waals surface area contributed by atoms with Gasteiger partial charge in [0.1, 0.15) is 11.7 Å². The lowest BCUT2D eigenvalue weighted by molar-refractivity contribution is -0.424. The Hall–Kier alpha value is -0.870. The summed E-state index contributed by atoms with van der Waals surface area (Å²) in [4.78, 5) is 22.4. The topological polar surface area (TPSA) is 55.8 Å². The summed E-state index contributed by atoms with van der Waals surface area (Å²) in [6, 6.07) is 0. The predicted molar refractivity (Wildman–Crippen MR) is 96.6 cm³/mol. The average Bonchev–Trinajstić information content (AvgIpc) is 2.55. The summed E-state index contributed by atoms with van der Waals surface area (Å²) in [5.41, 5.74) is -0.274. The van der Waals surface area contributed by atoms with Crippen molar-refractivity contribution in [3.8, 4) is 0 Å². The molecular formula is C20H36O4. The van der Waals surface area contributed by atoms with Gasteiger partial charge in [-0.1, -0.05) is 46.3 Å². The van der Waals surface area contributed by atoms with E-state index in [1.54, 1.807) is 0 Å². The van der Waals surface area contributed by atoms with Gasteiger partial charge in [0.05, 0.1) is 6.42 Å². The van der Waals surface area contributed by atoms with Crippen LogP contribution in [0.25, 0.3) is 0 Å². The molecule has 0 aromatic rings. The van der Waals surface area contributed by atoms with Gasteiger partial charge < -0.3 is 5.11 Å². The Morgan fingerprint density at radius 1 is 1.38 bits per heavy atom. The first-order chi connectivity index (χ1) is 11.4. The second kappa shape index (κ2) is 10.2. The highest BCUT2D eigenvalue weighted by molar-refractivity contribution is 5.67. The maximum absolute atomic E-state index is 11.0. The number of carboxylic acids is 1. The third kappa shape index (κ3) is 6.21. The molecule has 2 unspecified atom stereocenters. The summed E-state index contributed by atoms with van der Waals surface area (Å²) >= 11 is 0. The van der Waals surface area contributed by atoms with Crippen LogP contribution in [-0.2, 0) is 14.6 Å². The lowest BCUT2D eigenvalue weighted by Crippen LogP contribution is -2.46. The number of rotatable bonds is 10. The molecule has 0 aromatic carbocycles. The average molecular weight is 341 g/mol. The number of hydrogen-bond acceptors (Lipinski definition) is 3. The number of carboxylic acid groups (broad SMARTS) is 1. The van der Waals surface area contributed by atoms with Crippen molar-refractivity contribution in [2.75, 3.05) is 0 Å². The van der Waals surface area contributed by atoms with E-state index in [1.807, 2.05) is 0 Å². The first-order valence-corrected chi connectivity index (χ1v) is 9.58. The Labute approximate surface area is 147 Å². The normalized spacial score (nSPS) is 30.4. The second-order valence-electron chi connectivity index (χ2n) is 7.46. The van der Waals surface area contributed by atoms with Crippen molar-refractivity contribution in [3.63, 3.8) is 0 Å². The third-order valence-corrected chi connectivity index (χ3v) is 5.47. The molecule has 0 spiro atoms. The van der Waals surface area contributed by atoms with Crippen molar-refractivity contribution in [3.05, 3.63) is 12.2 Å². The quantitative estimate of drug-likeness (QED) is 0.429. The van der Waals surface area contributed by atoms with Gasteiger partial charge in [0, 0.05) is 0 Å². The molecule has 1 N–H and O–H groups in total. The van der Waals surface area contributed by atoms with Gasteiger partial charge in [-0.15, -0.1) is 0 Å². The molecule has 1 aliphatic rings. The molecule has 1 rings (SSSR count). The van der Waals surface area contributed by atoms with Gasteiger partial charge in [-0.3, -0.25) is 4.79 Å². The molecule has 1 aliphatic heterocycles. The van der Waals surface area contributed by atoms with Crippen molar-refractivity contribution in [1.29, 1.82) is 0 Å². The molecule has 5 atom stereocenters. The van der Waals surface area contributed by atoms with E-state index in [4.69, 9.17) is 14.9 Å². The van der Waals surface area contributed by atoms with Gasteiger partial charge in [0.15, 0.2) is 0 Å². The lowest BCUT2D eigenvalue weighted by Gasteiger charge is -2.43. The fraction of sp³-hybridized carbons (Fsp3) is 0.850. The molecule has 1 saturated heterocycles. The van der Waals surface area contributed by atoms with E-state index in [9.17, 15) is 4.79 Å². The number of carbonyl (C=O) groups is 1. The molecule has 0 aliphatic carbocycles. The van der Waals surface area contributed by atoms with Crippen LogP contribution in [0.3, 0.4) is 0 Å². The van der Waals surface area contributed by atoms with Crippen molar-refractivity contribution in [1.82, 2.24) is 0 Å². The second-order valence-corrected chi connectivity index (χ2v) is 7.46. The summed E-state index contributed by atoms with van der Waals surface area (Å²) in [6.45, 7) is 10.8. The van der Waals surface area contributed by atoms with E-state index in [1.165, 1.54) is 0 Å². The van der Waals surface area contributed by atoms with Gasteiger partial charge in [-0.05, 0) is 56.8 Å². The molecule has 24 heavy (non-hydrogen) atoms. The SMILES string of the molecule is C/C=C/C(CC)CC(C)C[C@]1(CC)C[C@H](CC)[C@H](CC(=O)O)OO1. The zero-order valence-corrected chi connectivity index (χ0v) is 16.1. The van der Waals surface area contributed by atoms with Gasteiger partial charge in [0.25, 0.3) is 0 Å². The monoisotopic (exact) mass is 340 g/mol. The smallest absolute Gasteiger partial charge is 0.306 e. The Morgan fingerprint density at radius 3 is 2.58 bits per heavy atom.